The molecular weight excluding hydrogens is 486 g/mol. The summed E-state index contributed by atoms with van der Waals surface area (Å²) in [6.07, 6.45) is 0.706. The minimum Gasteiger partial charge on any atom is -0.493 e. The average Bonchev–Trinajstić information content (AvgIpc) is 3.31. The molecule has 1 saturated heterocycles. The molecule has 0 atom stereocenters. The number of hydrogen-bond donors (Lipinski definition) is 2. The fourth-order valence-corrected chi connectivity index (χ4v) is 6.04. The summed E-state index contributed by atoms with van der Waals surface area (Å²) in [5, 5.41) is 9.15. The van der Waals surface area contributed by atoms with E-state index < -0.39 is 21.3 Å². The number of nitrogens with one attached hydrogen (secondary N) is 1. The van der Waals surface area contributed by atoms with Gasteiger partial charge in [0.25, 0.3) is 5.56 Å². The summed E-state index contributed by atoms with van der Waals surface area (Å²) in [6, 6.07) is 6.41. The van der Waals surface area contributed by atoms with Crippen LogP contribution in [0.1, 0.15) is 20.3 Å². The second-order valence-electron chi connectivity index (χ2n) is 8.80. The van der Waals surface area contributed by atoms with E-state index in [1.165, 1.54) is 17.4 Å². The maximum absolute atomic E-state index is 13.5. The van der Waals surface area contributed by atoms with Gasteiger partial charge in [-0.3, -0.25) is 18.8 Å². The van der Waals surface area contributed by atoms with Crippen LogP contribution in [0.25, 0.3) is 22.3 Å². The Morgan fingerprint density at radius 3 is 2.42 bits per heavy atom. The first-order valence-electron chi connectivity index (χ1n) is 12.2. The average molecular weight is 520 g/mol. The highest BCUT2D eigenvalue weighted by atomic mass is 32.2. The Morgan fingerprint density at radius 1 is 1.06 bits per heavy atom. The zero-order valence-electron chi connectivity index (χ0n) is 20.9. The van der Waals surface area contributed by atoms with Gasteiger partial charge in [0, 0.05) is 51.9 Å². The molecule has 0 saturated carbocycles. The van der Waals surface area contributed by atoms with Crippen molar-refractivity contribution >= 4 is 21.1 Å². The molecule has 0 aliphatic carbocycles. The first-order valence-corrected chi connectivity index (χ1v) is 13.6. The van der Waals surface area contributed by atoms with Gasteiger partial charge in [-0.1, -0.05) is 6.92 Å². The predicted octanol–water partition coefficient (Wildman–Crippen LogP) is 0.803. The first kappa shape index (κ1) is 26.1. The number of fused-ring (bicyclic) bond motifs is 1. The van der Waals surface area contributed by atoms with E-state index in [1.807, 2.05) is 18.7 Å². The van der Waals surface area contributed by atoms with Crippen LogP contribution in [0, 0.1) is 0 Å². The monoisotopic (exact) mass is 519 g/mol. The van der Waals surface area contributed by atoms with Gasteiger partial charge in [0.15, 0.2) is 0 Å². The fourth-order valence-electron chi connectivity index (χ4n) is 4.59. The molecule has 1 aromatic carbocycles. The number of H-pyrrole nitrogens is 1. The van der Waals surface area contributed by atoms with Crippen LogP contribution < -0.4 is 16.0 Å². The van der Waals surface area contributed by atoms with Crippen LogP contribution in [-0.2, 0) is 23.6 Å². The van der Waals surface area contributed by atoms with Gasteiger partial charge in [0.1, 0.15) is 11.3 Å². The predicted molar refractivity (Wildman–Crippen MR) is 137 cm³/mol. The lowest BCUT2D eigenvalue weighted by atomic mass is 10.1. The number of rotatable bonds is 9. The quantitative estimate of drug-likeness (QED) is 0.428. The molecule has 4 rings (SSSR count). The van der Waals surface area contributed by atoms with Crippen molar-refractivity contribution in [3.63, 3.8) is 0 Å². The molecule has 0 unspecified atom stereocenters. The maximum Gasteiger partial charge on any atom is 0.331 e. The van der Waals surface area contributed by atoms with Crippen LogP contribution in [0.3, 0.4) is 0 Å². The SMILES string of the molecule is CCCn1c(=O)n(C)c(=O)c2[nH]c(-c3cc(S(=O)(=O)N4CCN(CCO)CC4)ccc3OCC)cc21. The number of sulfonamides is 1. The fraction of sp³-hybridized carbons (Fsp3) is 0.500. The Balaban J connectivity index is 1.80. The van der Waals surface area contributed by atoms with Gasteiger partial charge in [-0.25, -0.2) is 13.2 Å². The largest absolute Gasteiger partial charge is 0.493 e. The Kier molecular flexibility index (Phi) is 7.69. The molecule has 12 heteroatoms. The van der Waals surface area contributed by atoms with Crippen molar-refractivity contribution in [3.05, 3.63) is 45.1 Å². The molecule has 11 nitrogen and oxygen atoms in total. The minimum atomic E-state index is -3.78. The number of aliphatic hydroxyl groups excluding tert-OH is 1. The van der Waals surface area contributed by atoms with Gasteiger partial charge in [0.2, 0.25) is 10.0 Å². The maximum atomic E-state index is 13.5. The molecule has 0 bridgehead atoms. The zero-order valence-corrected chi connectivity index (χ0v) is 21.7. The molecule has 0 spiro atoms. The van der Waals surface area contributed by atoms with Crippen LogP contribution in [0.2, 0.25) is 0 Å². The number of benzene rings is 1. The van der Waals surface area contributed by atoms with E-state index in [0.717, 1.165) is 4.57 Å². The van der Waals surface area contributed by atoms with Crippen LogP contribution in [-0.4, -0.2) is 82.8 Å². The van der Waals surface area contributed by atoms with E-state index in [4.69, 9.17) is 9.84 Å². The number of nitrogens with zero attached hydrogens (tertiary/aromatic N) is 4. The minimum absolute atomic E-state index is 0.0364. The van der Waals surface area contributed by atoms with Gasteiger partial charge in [-0.15, -0.1) is 0 Å². The number of ether oxygens (including phenoxy) is 1. The van der Waals surface area contributed by atoms with Crippen LogP contribution in [0.15, 0.2) is 38.8 Å². The number of aromatic amines is 1. The van der Waals surface area contributed by atoms with E-state index in [0.29, 0.717) is 74.8 Å². The van der Waals surface area contributed by atoms with E-state index in [1.54, 1.807) is 22.8 Å². The highest BCUT2D eigenvalue weighted by Gasteiger charge is 2.29. The lowest BCUT2D eigenvalue weighted by molar-refractivity contribution is 0.151. The summed E-state index contributed by atoms with van der Waals surface area (Å²) < 4.78 is 36.8. The number of piperazine rings is 1. The lowest BCUT2D eigenvalue weighted by Crippen LogP contribution is -2.49. The molecule has 0 amide bonds. The highest BCUT2D eigenvalue weighted by molar-refractivity contribution is 7.89. The summed E-state index contributed by atoms with van der Waals surface area (Å²) in [5.74, 6) is 0.469. The summed E-state index contributed by atoms with van der Waals surface area (Å²) in [4.78, 5) is 30.8. The molecule has 36 heavy (non-hydrogen) atoms. The third kappa shape index (κ3) is 4.73. The topological polar surface area (TPSA) is 130 Å². The van der Waals surface area contributed by atoms with Gasteiger partial charge in [0.05, 0.1) is 29.3 Å². The van der Waals surface area contributed by atoms with Crippen molar-refractivity contribution in [2.45, 2.75) is 31.7 Å². The van der Waals surface area contributed by atoms with E-state index >= 15 is 0 Å². The summed E-state index contributed by atoms with van der Waals surface area (Å²) in [7, 11) is -2.34. The van der Waals surface area contributed by atoms with Gasteiger partial charge in [-0.2, -0.15) is 4.31 Å². The first-order chi connectivity index (χ1) is 17.2. The van der Waals surface area contributed by atoms with E-state index in [-0.39, 0.29) is 17.0 Å². The molecule has 0 radical (unpaired) electrons. The molecule has 3 aromatic rings. The molecule has 2 N–H and O–H groups in total. The molecule has 196 valence electrons. The van der Waals surface area contributed by atoms with Crippen LogP contribution in [0.5, 0.6) is 5.75 Å². The molecular formula is C24H33N5O6S. The number of hydrogen-bond acceptors (Lipinski definition) is 7. The molecule has 1 aliphatic heterocycles. The van der Waals surface area contributed by atoms with Gasteiger partial charge >= 0.3 is 5.69 Å². The Bertz CT molecular complexity index is 1460. The Hall–Kier alpha value is -2.93. The molecule has 1 fully saturated rings. The third-order valence-corrected chi connectivity index (χ3v) is 8.39. The molecule has 2 aromatic heterocycles. The van der Waals surface area contributed by atoms with Crippen molar-refractivity contribution in [1.29, 1.82) is 0 Å². The zero-order chi connectivity index (χ0) is 26.0. The summed E-state index contributed by atoms with van der Waals surface area (Å²) >= 11 is 0. The Labute approximate surface area is 209 Å². The second kappa shape index (κ2) is 10.6. The smallest absolute Gasteiger partial charge is 0.331 e. The second-order valence-corrected chi connectivity index (χ2v) is 10.7. The van der Waals surface area contributed by atoms with E-state index in [2.05, 4.69) is 4.98 Å². The summed E-state index contributed by atoms with van der Waals surface area (Å²) in [5.41, 5.74) is 0.876. The van der Waals surface area contributed by atoms with Crippen LogP contribution >= 0.6 is 0 Å². The van der Waals surface area contributed by atoms with Crippen molar-refractivity contribution in [3.8, 4) is 17.0 Å². The van der Waals surface area contributed by atoms with Gasteiger partial charge in [-0.05, 0) is 37.6 Å². The number of aliphatic hydroxyl groups is 1. The summed E-state index contributed by atoms with van der Waals surface area (Å²) in [6.45, 7) is 6.90. The van der Waals surface area contributed by atoms with Crippen molar-refractivity contribution in [2.24, 2.45) is 7.05 Å². The lowest BCUT2D eigenvalue weighted by Gasteiger charge is -2.33. The van der Waals surface area contributed by atoms with E-state index in [9.17, 15) is 18.0 Å². The van der Waals surface area contributed by atoms with Crippen molar-refractivity contribution < 1.29 is 18.3 Å². The number of aryl methyl sites for hydroxylation is 1. The standard InChI is InChI=1S/C24H33N5O6S/c1-4-8-29-20-16-19(25-22(20)23(31)26(3)24(29)32)18-15-17(6-7-21(18)35-5-2)36(33,34)28-11-9-27(10-12-28)13-14-30/h6-7,15-16,25,30H,4-5,8-14H2,1-3H3. The molecule has 1 aliphatic rings. The highest BCUT2D eigenvalue weighted by Crippen LogP contribution is 2.34. The Morgan fingerprint density at radius 2 is 1.78 bits per heavy atom. The third-order valence-electron chi connectivity index (χ3n) is 6.50. The van der Waals surface area contributed by atoms with Gasteiger partial charge < -0.3 is 14.8 Å². The van der Waals surface area contributed by atoms with Crippen LogP contribution in [0.4, 0.5) is 0 Å². The molecule has 3 heterocycles. The van der Waals surface area contributed by atoms with Crippen molar-refractivity contribution in [2.75, 3.05) is 45.9 Å². The van der Waals surface area contributed by atoms with Crippen molar-refractivity contribution in [1.82, 2.24) is 23.3 Å². The normalized spacial score (nSPS) is 15.6. The number of β-amino-alcohol motifs (C(OH)–C–C–N with tert-alkyl or cyclic N) is 1. The number of aromatic nitrogens is 3.